The van der Waals surface area contributed by atoms with E-state index in [1.807, 2.05) is 43.3 Å². The van der Waals surface area contributed by atoms with Gasteiger partial charge < -0.3 is 9.64 Å². The van der Waals surface area contributed by atoms with E-state index in [0.29, 0.717) is 0 Å². The average molecular weight is 216 g/mol. The Labute approximate surface area is 94.4 Å². The van der Waals surface area contributed by atoms with Crippen molar-refractivity contribution in [3.63, 3.8) is 0 Å². The van der Waals surface area contributed by atoms with E-state index in [1.165, 1.54) is 6.08 Å². The van der Waals surface area contributed by atoms with Crippen molar-refractivity contribution < 1.29 is 9.53 Å². The molecule has 0 aliphatic rings. The largest absolute Gasteiger partial charge is 0.417 e. The smallest absolute Gasteiger partial charge is 0.299 e. The van der Waals surface area contributed by atoms with Gasteiger partial charge in [-0.15, -0.1) is 0 Å². The topological polar surface area (TPSA) is 53.3 Å². The number of rotatable bonds is 4. The van der Waals surface area contributed by atoms with Crippen LogP contribution in [0, 0.1) is 11.3 Å². The molecular weight excluding hydrogens is 204 g/mol. The van der Waals surface area contributed by atoms with Crippen molar-refractivity contribution in [3.05, 3.63) is 35.6 Å². The van der Waals surface area contributed by atoms with Gasteiger partial charge in [0, 0.05) is 19.8 Å². The van der Waals surface area contributed by atoms with Gasteiger partial charge in [0.2, 0.25) is 5.76 Å². The summed E-state index contributed by atoms with van der Waals surface area (Å²) in [6.45, 7) is 0.239. The number of anilines is 1. The van der Waals surface area contributed by atoms with Crippen molar-refractivity contribution in [1.29, 1.82) is 5.26 Å². The second-order valence-electron chi connectivity index (χ2n) is 3.32. The van der Waals surface area contributed by atoms with E-state index in [4.69, 9.17) is 5.26 Å². The molecule has 0 heterocycles. The molecule has 0 bridgehead atoms. The van der Waals surface area contributed by atoms with Gasteiger partial charge in [-0.05, 0) is 23.8 Å². The Balaban J connectivity index is 2.90. The molecule has 0 N–H and O–H groups in total. The van der Waals surface area contributed by atoms with Crippen LogP contribution in [0.1, 0.15) is 5.56 Å². The zero-order valence-electron chi connectivity index (χ0n) is 9.18. The molecule has 0 unspecified atom stereocenters. The molecular formula is C12H12N2O2. The van der Waals surface area contributed by atoms with Crippen LogP contribution in [-0.4, -0.2) is 20.6 Å². The Hall–Kier alpha value is -2.28. The number of carbonyl (C=O) groups is 1. The Morgan fingerprint density at radius 3 is 2.44 bits per heavy atom. The van der Waals surface area contributed by atoms with Crippen molar-refractivity contribution in [2.24, 2.45) is 0 Å². The Morgan fingerprint density at radius 1 is 1.38 bits per heavy atom. The molecule has 82 valence electrons. The van der Waals surface area contributed by atoms with Crippen molar-refractivity contribution in [3.8, 4) is 6.07 Å². The quantitative estimate of drug-likeness (QED) is 0.437. The summed E-state index contributed by atoms with van der Waals surface area (Å²) in [5, 5.41) is 8.65. The first-order chi connectivity index (χ1) is 7.67. The van der Waals surface area contributed by atoms with Gasteiger partial charge in [-0.2, -0.15) is 5.26 Å². The fourth-order valence-corrected chi connectivity index (χ4v) is 1.16. The highest BCUT2D eigenvalue weighted by molar-refractivity contribution is 5.60. The summed E-state index contributed by atoms with van der Waals surface area (Å²) in [6, 6.07) is 9.32. The molecule has 1 rings (SSSR count). The van der Waals surface area contributed by atoms with Crippen LogP contribution in [0.15, 0.2) is 30.0 Å². The Kier molecular flexibility index (Phi) is 4.10. The molecule has 0 spiro atoms. The van der Waals surface area contributed by atoms with Crippen LogP contribution in [0.3, 0.4) is 0 Å². The first kappa shape index (κ1) is 11.8. The molecule has 16 heavy (non-hydrogen) atoms. The third-order valence-corrected chi connectivity index (χ3v) is 1.99. The lowest BCUT2D eigenvalue weighted by atomic mass is 10.2. The fourth-order valence-electron chi connectivity index (χ4n) is 1.16. The van der Waals surface area contributed by atoms with Crippen molar-refractivity contribution >= 4 is 18.2 Å². The zero-order chi connectivity index (χ0) is 12.0. The summed E-state index contributed by atoms with van der Waals surface area (Å²) in [5.74, 6) is -0.0207. The summed E-state index contributed by atoms with van der Waals surface area (Å²) >= 11 is 0. The highest BCUT2D eigenvalue weighted by atomic mass is 16.5. The van der Waals surface area contributed by atoms with E-state index in [9.17, 15) is 4.79 Å². The maximum absolute atomic E-state index is 10.1. The number of hydrogen-bond acceptors (Lipinski definition) is 4. The van der Waals surface area contributed by atoms with Crippen molar-refractivity contribution in [1.82, 2.24) is 0 Å². The zero-order valence-corrected chi connectivity index (χ0v) is 9.18. The molecule has 0 fully saturated rings. The fraction of sp³-hybridized carbons (Fsp3) is 0.167. The number of nitriles is 1. The monoisotopic (exact) mass is 216 g/mol. The van der Waals surface area contributed by atoms with E-state index in [0.717, 1.165) is 11.3 Å². The van der Waals surface area contributed by atoms with Crippen LogP contribution in [0.25, 0.3) is 6.08 Å². The number of nitrogens with zero attached hydrogens (tertiary/aromatic N) is 2. The van der Waals surface area contributed by atoms with Crippen LogP contribution < -0.4 is 4.90 Å². The highest BCUT2D eigenvalue weighted by Gasteiger charge is 1.98. The first-order valence-electron chi connectivity index (χ1n) is 4.67. The minimum Gasteiger partial charge on any atom is -0.417 e. The predicted molar refractivity (Wildman–Crippen MR) is 61.5 cm³/mol. The molecule has 4 heteroatoms. The number of benzene rings is 1. The van der Waals surface area contributed by atoms with Crippen LogP contribution in [-0.2, 0) is 9.53 Å². The molecule has 0 aliphatic carbocycles. The van der Waals surface area contributed by atoms with Gasteiger partial charge >= 0.3 is 0 Å². The Morgan fingerprint density at radius 2 is 2.00 bits per heavy atom. The minimum absolute atomic E-state index is 0.0207. The van der Waals surface area contributed by atoms with Crippen LogP contribution in [0.5, 0.6) is 0 Å². The van der Waals surface area contributed by atoms with E-state index in [1.54, 1.807) is 6.07 Å². The molecule has 0 aromatic heterocycles. The summed E-state index contributed by atoms with van der Waals surface area (Å²) < 4.78 is 4.48. The maximum Gasteiger partial charge on any atom is 0.299 e. The van der Waals surface area contributed by atoms with Crippen LogP contribution in [0.2, 0.25) is 0 Å². The van der Waals surface area contributed by atoms with E-state index < -0.39 is 0 Å². The lowest BCUT2D eigenvalue weighted by Crippen LogP contribution is -2.07. The first-order valence-corrected chi connectivity index (χ1v) is 4.67. The number of carbonyl (C=O) groups excluding carboxylic acids is 1. The normalized spacial score (nSPS) is 10.4. The van der Waals surface area contributed by atoms with Crippen molar-refractivity contribution in [2.75, 3.05) is 19.0 Å². The standard InChI is InChI=1S/C12H12N2O2/c1-14(2)11-5-3-10(4-6-11)7-12(8-13)16-9-15/h3-7,9H,1-2H3. The minimum atomic E-state index is -0.0207. The predicted octanol–water partition coefficient (Wildman–Crippen LogP) is 1.79. The van der Waals surface area contributed by atoms with E-state index in [2.05, 4.69) is 4.74 Å². The molecule has 0 radical (unpaired) electrons. The third-order valence-electron chi connectivity index (χ3n) is 1.99. The third kappa shape index (κ3) is 3.14. The second-order valence-corrected chi connectivity index (χ2v) is 3.32. The molecule has 0 saturated carbocycles. The molecule has 0 atom stereocenters. The molecule has 1 aromatic rings. The van der Waals surface area contributed by atoms with Crippen LogP contribution in [0.4, 0.5) is 5.69 Å². The number of ether oxygens (including phenoxy) is 1. The summed E-state index contributed by atoms with van der Waals surface area (Å²) in [5.41, 5.74) is 1.87. The van der Waals surface area contributed by atoms with Gasteiger partial charge in [-0.25, -0.2) is 0 Å². The molecule has 1 aromatic carbocycles. The summed E-state index contributed by atoms with van der Waals surface area (Å²) in [4.78, 5) is 12.1. The molecule has 0 aliphatic heterocycles. The van der Waals surface area contributed by atoms with Gasteiger partial charge in [0.15, 0.2) is 0 Å². The number of allylic oxidation sites excluding steroid dienone is 1. The molecule has 0 amide bonds. The van der Waals surface area contributed by atoms with Crippen molar-refractivity contribution in [2.45, 2.75) is 0 Å². The lowest BCUT2D eigenvalue weighted by molar-refractivity contribution is -0.124. The van der Waals surface area contributed by atoms with Gasteiger partial charge in [0.05, 0.1) is 0 Å². The number of hydrogen-bond donors (Lipinski definition) is 0. The van der Waals surface area contributed by atoms with Gasteiger partial charge in [0.25, 0.3) is 6.47 Å². The van der Waals surface area contributed by atoms with Crippen LogP contribution >= 0.6 is 0 Å². The lowest BCUT2D eigenvalue weighted by Gasteiger charge is -2.11. The maximum atomic E-state index is 10.1. The van der Waals surface area contributed by atoms with Gasteiger partial charge in [-0.3, -0.25) is 4.79 Å². The van der Waals surface area contributed by atoms with E-state index >= 15 is 0 Å². The molecule has 4 nitrogen and oxygen atoms in total. The summed E-state index contributed by atoms with van der Waals surface area (Å²) in [6.07, 6.45) is 1.51. The Bertz CT molecular complexity index is 427. The summed E-state index contributed by atoms with van der Waals surface area (Å²) in [7, 11) is 3.89. The highest BCUT2D eigenvalue weighted by Crippen LogP contribution is 2.14. The average Bonchev–Trinajstić information content (AvgIpc) is 2.29. The second kappa shape index (κ2) is 5.56. The molecule has 0 saturated heterocycles. The van der Waals surface area contributed by atoms with Gasteiger partial charge in [-0.1, -0.05) is 12.1 Å². The van der Waals surface area contributed by atoms with Gasteiger partial charge in [0.1, 0.15) is 6.07 Å². The van der Waals surface area contributed by atoms with E-state index in [-0.39, 0.29) is 12.2 Å². The SMILES string of the molecule is CN(C)c1ccc(C=C(C#N)OC=O)cc1.